The Hall–Kier alpha value is 0.390. The summed E-state index contributed by atoms with van der Waals surface area (Å²) in [6.45, 7) is -0.0175. The van der Waals surface area contributed by atoms with Gasteiger partial charge in [0.2, 0.25) is 5.78 Å². The summed E-state index contributed by atoms with van der Waals surface area (Å²) >= 11 is 12.7. The number of hydrogen-bond acceptors (Lipinski definition) is 2. The van der Waals surface area contributed by atoms with Crippen LogP contribution in [0.5, 0.6) is 5.75 Å². The van der Waals surface area contributed by atoms with E-state index in [1.54, 1.807) is 24.3 Å². The van der Waals surface area contributed by atoms with Gasteiger partial charge in [-0.2, -0.15) is 0 Å². The lowest BCUT2D eigenvalue weighted by Gasteiger charge is -2.11. The van der Waals surface area contributed by atoms with E-state index >= 15 is 0 Å². The zero-order valence-electron chi connectivity index (χ0n) is 10.00. The van der Waals surface area contributed by atoms with Crippen LogP contribution in [-0.4, -0.2) is 12.4 Å². The first-order valence-electron chi connectivity index (χ1n) is 5.54. The van der Waals surface area contributed by atoms with Crippen molar-refractivity contribution in [2.75, 3.05) is 6.61 Å². The lowest BCUT2D eigenvalue weighted by molar-refractivity contribution is 0.0920. The topological polar surface area (TPSA) is 26.3 Å². The fourth-order valence-corrected chi connectivity index (χ4v) is 5.70. The van der Waals surface area contributed by atoms with Crippen LogP contribution in [0.25, 0.3) is 0 Å². The number of ketones is 1. The van der Waals surface area contributed by atoms with Crippen molar-refractivity contribution in [3.05, 3.63) is 57.7 Å². The Labute approximate surface area is 163 Å². The van der Waals surface area contributed by atoms with Gasteiger partial charge in [-0.05, 0) is 92.0 Å². The van der Waals surface area contributed by atoms with E-state index in [2.05, 4.69) is 67.8 Å². The predicted molar refractivity (Wildman–Crippen MR) is 106 cm³/mol. The zero-order valence-corrected chi connectivity index (χ0v) is 17.2. The average Bonchev–Trinajstić information content (AvgIpc) is 2.37. The summed E-state index contributed by atoms with van der Waals surface area (Å²) < 4.78 is 8.79. The van der Waals surface area contributed by atoms with Crippen molar-refractivity contribution in [1.29, 1.82) is 0 Å². The molecule has 0 atom stereocenters. The van der Waals surface area contributed by atoms with Crippen molar-refractivity contribution in [1.82, 2.24) is 0 Å². The molecule has 2 nitrogen and oxygen atoms in total. The van der Waals surface area contributed by atoms with Gasteiger partial charge in [0, 0.05) is 9.13 Å². The third-order valence-corrected chi connectivity index (χ3v) is 5.04. The monoisotopic (exact) mass is 624 g/mol. The molecule has 0 spiro atoms. The Bertz CT molecular complexity index is 636. The van der Waals surface area contributed by atoms with Crippen LogP contribution in [0.4, 0.5) is 0 Å². The summed E-state index contributed by atoms with van der Waals surface area (Å²) in [6, 6.07) is 11.0. The second kappa shape index (κ2) is 7.59. The number of hydrogen-bond donors (Lipinski definition) is 0. The molecule has 2 rings (SSSR count). The maximum absolute atomic E-state index is 12.1. The molecule has 0 aromatic heterocycles. The summed E-state index contributed by atoms with van der Waals surface area (Å²) in [5.41, 5.74) is 0.490. The SMILES string of the molecule is O=C(COc1c(I)cc(I)cc1I)c1ccccc1Cl. The zero-order chi connectivity index (χ0) is 14.7. The number of Topliss-reactive ketones (excluding diaryl/α,β-unsaturated/α-hetero) is 1. The molecule has 0 amide bonds. The van der Waals surface area contributed by atoms with Crippen molar-refractivity contribution in [2.24, 2.45) is 0 Å². The van der Waals surface area contributed by atoms with Crippen molar-refractivity contribution in [3.8, 4) is 5.75 Å². The number of benzene rings is 2. The molecule has 0 aliphatic carbocycles. The van der Waals surface area contributed by atoms with Gasteiger partial charge in [0.25, 0.3) is 0 Å². The minimum atomic E-state index is -0.124. The highest BCUT2D eigenvalue weighted by Crippen LogP contribution is 2.29. The first-order valence-corrected chi connectivity index (χ1v) is 9.15. The molecule has 0 aliphatic heterocycles. The molecule has 0 bridgehead atoms. The van der Waals surface area contributed by atoms with Crippen LogP contribution in [0.3, 0.4) is 0 Å². The van der Waals surface area contributed by atoms with E-state index in [0.717, 1.165) is 16.5 Å². The number of carbonyl (C=O) groups excluding carboxylic acids is 1. The third kappa shape index (κ3) is 4.20. The Kier molecular flexibility index (Phi) is 6.36. The van der Waals surface area contributed by atoms with Gasteiger partial charge < -0.3 is 4.74 Å². The average molecular weight is 624 g/mol. The molecule has 0 unspecified atom stereocenters. The molecule has 104 valence electrons. The molecule has 0 aliphatic rings. The van der Waals surface area contributed by atoms with E-state index in [4.69, 9.17) is 16.3 Å². The smallest absolute Gasteiger partial charge is 0.201 e. The largest absolute Gasteiger partial charge is 0.483 e. The molecule has 0 saturated heterocycles. The Morgan fingerprint density at radius 1 is 1.10 bits per heavy atom. The van der Waals surface area contributed by atoms with Gasteiger partial charge in [-0.1, -0.05) is 23.7 Å². The van der Waals surface area contributed by atoms with Gasteiger partial charge in [-0.25, -0.2) is 0 Å². The molecule has 20 heavy (non-hydrogen) atoms. The molecule has 0 saturated carbocycles. The lowest BCUT2D eigenvalue weighted by atomic mass is 10.1. The van der Waals surface area contributed by atoms with Gasteiger partial charge in [0.1, 0.15) is 5.75 Å². The Morgan fingerprint density at radius 2 is 1.70 bits per heavy atom. The highest BCUT2D eigenvalue weighted by atomic mass is 127. The van der Waals surface area contributed by atoms with E-state index in [1.165, 1.54) is 0 Å². The summed E-state index contributed by atoms with van der Waals surface area (Å²) in [5.74, 6) is 0.618. The van der Waals surface area contributed by atoms with Gasteiger partial charge in [-0.3, -0.25) is 4.79 Å². The van der Waals surface area contributed by atoms with Crippen LogP contribution in [0.1, 0.15) is 10.4 Å². The highest BCUT2D eigenvalue weighted by Gasteiger charge is 2.13. The fourth-order valence-electron chi connectivity index (χ4n) is 1.57. The van der Waals surface area contributed by atoms with Crippen LogP contribution in [0.15, 0.2) is 36.4 Å². The quantitative estimate of drug-likeness (QED) is 0.336. The molecule has 0 radical (unpaired) electrons. The van der Waals surface area contributed by atoms with Gasteiger partial charge in [0.05, 0.1) is 12.2 Å². The van der Waals surface area contributed by atoms with E-state index in [1.807, 2.05) is 12.1 Å². The molecule has 0 N–H and O–H groups in total. The maximum atomic E-state index is 12.1. The van der Waals surface area contributed by atoms with Gasteiger partial charge in [-0.15, -0.1) is 0 Å². The third-order valence-electron chi connectivity index (χ3n) is 2.48. The van der Waals surface area contributed by atoms with Crippen molar-refractivity contribution in [2.45, 2.75) is 0 Å². The number of rotatable bonds is 4. The van der Waals surface area contributed by atoms with Crippen LogP contribution in [0, 0.1) is 10.7 Å². The minimum absolute atomic E-state index is 0.0175. The lowest BCUT2D eigenvalue weighted by Crippen LogP contribution is -2.13. The number of halogens is 4. The molecule has 2 aromatic rings. The number of carbonyl (C=O) groups is 1. The van der Waals surface area contributed by atoms with Gasteiger partial charge in [0.15, 0.2) is 6.61 Å². The summed E-state index contributed by atoms with van der Waals surface area (Å²) in [5, 5.41) is 0.452. The number of ether oxygens (including phenoxy) is 1. The van der Waals surface area contributed by atoms with Crippen LogP contribution < -0.4 is 4.74 Å². The summed E-state index contributed by atoms with van der Waals surface area (Å²) in [7, 11) is 0. The standard InChI is InChI=1S/C14H8ClI3O2/c15-10-4-2-1-3-9(10)13(19)7-20-14-11(17)5-8(16)6-12(14)18/h1-6H,7H2. The van der Waals surface area contributed by atoms with Gasteiger partial charge >= 0.3 is 0 Å². The predicted octanol–water partition coefficient (Wildman–Crippen LogP) is 5.42. The Morgan fingerprint density at radius 3 is 2.30 bits per heavy atom. The molecular formula is C14H8ClI3O2. The second-order valence-electron chi connectivity index (χ2n) is 3.89. The molecule has 2 aromatic carbocycles. The Balaban J connectivity index is 2.14. The van der Waals surface area contributed by atoms with Crippen molar-refractivity contribution >= 4 is 85.2 Å². The van der Waals surface area contributed by atoms with Crippen LogP contribution in [0.2, 0.25) is 5.02 Å². The fraction of sp³-hybridized carbons (Fsp3) is 0.0714. The van der Waals surface area contributed by atoms with E-state index in [9.17, 15) is 4.79 Å². The minimum Gasteiger partial charge on any atom is -0.483 e. The highest BCUT2D eigenvalue weighted by molar-refractivity contribution is 14.1. The molecule has 0 fully saturated rings. The second-order valence-corrected chi connectivity index (χ2v) is 7.87. The van der Waals surface area contributed by atoms with Crippen LogP contribution in [-0.2, 0) is 0 Å². The summed E-state index contributed by atoms with van der Waals surface area (Å²) in [6.07, 6.45) is 0. The molecule has 0 heterocycles. The molecular weight excluding hydrogens is 616 g/mol. The van der Waals surface area contributed by atoms with Crippen molar-refractivity contribution < 1.29 is 9.53 Å². The van der Waals surface area contributed by atoms with Crippen LogP contribution >= 0.6 is 79.4 Å². The molecule has 6 heteroatoms. The van der Waals surface area contributed by atoms with E-state index in [-0.39, 0.29) is 12.4 Å². The van der Waals surface area contributed by atoms with E-state index < -0.39 is 0 Å². The first kappa shape index (κ1) is 16.8. The normalized spacial score (nSPS) is 10.4. The first-order chi connectivity index (χ1) is 9.49. The van der Waals surface area contributed by atoms with E-state index in [0.29, 0.717) is 10.6 Å². The van der Waals surface area contributed by atoms with Crippen molar-refractivity contribution in [3.63, 3.8) is 0 Å². The summed E-state index contributed by atoms with van der Waals surface area (Å²) in [4.78, 5) is 12.1. The maximum Gasteiger partial charge on any atom is 0.201 e.